The molecule has 0 saturated carbocycles. The third-order valence-corrected chi connectivity index (χ3v) is 3.76. The van der Waals surface area contributed by atoms with Crippen LogP contribution >= 0.6 is 11.6 Å². The molecule has 3 rings (SSSR count). The van der Waals surface area contributed by atoms with Crippen LogP contribution in [0, 0.1) is 0 Å². The third-order valence-electron chi connectivity index (χ3n) is 3.56. The van der Waals surface area contributed by atoms with Crippen LogP contribution in [0.15, 0.2) is 34.3 Å². The molecule has 2 aliphatic heterocycles. The highest BCUT2D eigenvalue weighted by Crippen LogP contribution is 2.32. The van der Waals surface area contributed by atoms with Gasteiger partial charge in [-0.2, -0.15) is 18.2 Å². The summed E-state index contributed by atoms with van der Waals surface area (Å²) in [7, 11) is 0. The molecule has 23 heavy (non-hydrogen) atoms. The predicted molar refractivity (Wildman–Crippen MR) is 81.9 cm³/mol. The predicted octanol–water partition coefficient (Wildman–Crippen LogP) is 2.77. The highest BCUT2D eigenvalue weighted by molar-refractivity contribution is 6.65. The summed E-state index contributed by atoms with van der Waals surface area (Å²) < 4.78 is 44.1. The van der Waals surface area contributed by atoms with Gasteiger partial charge in [-0.25, -0.2) is 4.99 Å². The molecule has 5 nitrogen and oxygen atoms in total. The van der Waals surface area contributed by atoms with E-state index < -0.39 is 11.7 Å². The number of hydrogen-bond acceptors (Lipinski definition) is 5. The van der Waals surface area contributed by atoms with Crippen molar-refractivity contribution in [1.29, 1.82) is 0 Å². The molecule has 2 heterocycles. The molecule has 0 atom stereocenters. The molecule has 1 aromatic carbocycles. The molecule has 0 radical (unpaired) electrons. The molecule has 124 valence electrons. The van der Waals surface area contributed by atoms with Crippen LogP contribution in [0.4, 0.5) is 18.9 Å². The van der Waals surface area contributed by atoms with Gasteiger partial charge in [0, 0.05) is 18.8 Å². The number of benzene rings is 1. The molecule has 0 N–H and O–H groups in total. The van der Waals surface area contributed by atoms with Crippen molar-refractivity contribution >= 4 is 28.5 Å². The Kier molecular flexibility index (Phi) is 4.45. The second-order valence-corrected chi connectivity index (χ2v) is 5.39. The maximum atomic E-state index is 12.9. The molecule has 0 aliphatic carbocycles. The van der Waals surface area contributed by atoms with E-state index >= 15 is 0 Å². The lowest BCUT2D eigenvalue weighted by Crippen LogP contribution is -2.51. The van der Waals surface area contributed by atoms with E-state index in [9.17, 15) is 13.2 Å². The van der Waals surface area contributed by atoms with E-state index in [1.54, 1.807) is 11.0 Å². The van der Waals surface area contributed by atoms with Crippen molar-refractivity contribution in [3.63, 3.8) is 0 Å². The molecule has 1 aromatic rings. The van der Waals surface area contributed by atoms with Gasteiger partial charge < -0.3 is 9.64 Å². The van der Waals surface area contributed by atoms with E-state index in [0.717, 1.165) is 12.1 Å². The van der Waals surface area contributed by atoms with Crippen LogP contribution < -0.4 is 4.90 Å². The van der Waals surface area contributed by atoms with E-state index in [1.165, 1.54) is 6.07 Å². The lowest BCUT2D eigenvalue weighted by atomic mass is 10.2. The van der Waals surface area contributed by atoms with Crippen molar-refractivity contribution in [3.8, 4) is 0 Å². The molecular weight excluding hydrogens is 333 g/mol. The number of guanidine groups is 1. The molecule has 0 amide bonds. The smallest absolute Gasteiger partial charge is 0.378 e. The normalized spacial score (nSPS) is 19.5. The Hall–Kier alpha value is -1.80. The number of ether oxygens (including phenoxy) is 1. The summed E-state index contributed by atoms with van der Waals surface area (Å²) in [5.41, 5.74) is -0.338. The van der Waals surface area contributed by atoms with Gasteiger partial charge in [-0.1, -0.05) is 6.07 Å². The number of amidine groups is 1. The Bertz CT molecular complexity index is 641. The van der Waals surface area contributed by atoms with Gasteiger partial charge in [0.05, 0.1) is 18.8 Å². The van der Waals surface area contributed by atoms with Crippen LogP contribution in [0.3, 0.4) is 0 Å². The van der Waals surface area contributed by atoms with Crippen LogP contribution in [0.25, 0.3) is 0 Å². The maximum absolute atomic E-state index is 12.9. The van der Waals surface area contributed by atoms with Crippen molar-refractivity contribution in [1.82, 2.24) is 4.90 Å². The summed E-state index contributed by atoms with van der Waals surface area (Å²) >= 11 is 5.89. The first kappa shape index (κ1) is 16.1. The quantitative estimate of drug-likeness (QED) is 0.734. The monoisotopic (exact) mass is 346 g/mol. The molecule has 0 unspecified atom stereocenters. The van der Waals surface area contributed by atoms with E-state index in [-0.39, 0.29) is 12.0 Å². The average Bonchev–Trinajstić information content (AvgIpc) is 2.55. The molecule has 0 aromatic heterocycles. The number of alkyl halides is 3. The zero-order chi connectivity index (χ0) is 16.4. The number of halogens is 4. The van der Waals surface area contributed by atoms with Crippen molar-refractivity contribution in [3.05, 3.63) is 29.8 Å². The number of anilines is 1. The van der Waals surface area contributed by atoms with Crippen molar-refractivity contribution in [2.45, 2.75) is 6.18 Å². The van der Waals surface area contributed by atoms with Gasteiger partial charge in [0.2, 0.25) is 11.3 Å². The Labute approximate surface area is 136 Å². The summed E-state index contributed by atoms with van der Waals surface area (Å²) in [5.74, 6) is 0.493. The molecule has 1 saturated heterocycles. The Morgan fingerprint density at radius 1 is 1.17 bits per heavy atom. The van der Waals surface area contributed by atoms with Crippen LogP contribution in [-0.4, -0.2) is 49.1 Å². The Morgan fingerprint density at radius 3 is 2.61 bits per heavy atom. The summed E-state index contributed by atoms with van der Waals surface area (Å²) in [6.45, 7) is 2.38. The second-order valence-electron chi connectivity index (χ2n) is 5.06. The van der Waals surface area contributed by atoms with Gasteiger partial charge in [-0.05, 0) is 29.8 Å². The first-order chi connectivity index (χ1) is 10.9. The SMILES string of the molecule is FC(F)(F)c1cccc(N2CN=C(Cl)N=C2N2CCOCC2)c1. The van der Waals surface area contributed by atoms with Crippen LogP contribution in [-0.2, 0) is 10.9 Å². The molecule has 0 spiro atoms. The molecular formula is C14H14ClF3N4O. The number of aliphatic imine (C=N–C) groups is 2. The van der Waals surface area contributed by atoms with E-state index in [2.05, 4.69) is 9.98 Å². The summed E-state index contributed by atoms with van der Waals surface area (Å²) in [5, 5.41) is 0.0923. The minimum Gasteiger partial charge on any atom is -0.378 e. The molecule has 0 bridgehead atoms. The van der Waals surface area contributed by atoms with Crippen LogP contribution in [0.2, 0.25) is 0 Å². The molecule has 1 fully saturated rings. The second kappa shape index (κ2) is 6.37. The Morgan fingerprint density at radius 2 is 1.91 bits per heavy atom. The number of rotatable bonds is 1. The van der Waals surface area contributed by atoms with Gasteiger partial charge in [0.25, 0.3) is 0 Å². The zero-order valence-corrected chi connectivity index (χ0v) is 12.8. The van der Waals surface area contributed by atoms with Crippen LogP contribution in [0.1, 0.15) is 5.56 Å². The average molecular weight is 347 g/mol. The lowest BCUT2D eigenvalue weighted by molar-refractivity contribution is -0.137. The third kappa shape index (κ3) is 3.59. The van der Waals surface area contributed by atoms with Gasteiger partial charge >= 0.3 is 6.18 Å². The van der Waals surface area contributed by atoms with Gasteiger partial charge in [0.15, 0.2) is 0 Å². The summed E-state index contributed by atoms with van der Waals surface area (Å²) in [6, 6.07) is 5.09. The maximum Gasteiger partial charge on any atom is 0.416 e. The minimum atomic E-state index is -4.40. The fourth-order valence-electron chi connectivity index (χ4n) is 2.42. The highest BCUT2D eigenvalue weighted by Gasteiger charge is 2.32. The summed E-state index contributed by atoms with van der Waals surface area (Å²) in [6.07, 6.45) is -4.40. The van der Waals surface area contributed by atoms with Gasteiger partial charge in [-0.15, -0.1) is 0 Å². The lowest BCUT2D eigenvalue weighted by Gasteiger charge is -2.37. The van der Waals surface area contributed by atoms with Crippen molar-refractivity contribution in [2.75, 3.05) is 37.9 Å². The van der Waals surface area contributed by atoms with Gasteiger partial charge in [-0.3, -0.25) is 4.90 Å². The first-order valence-electron chi connectivity index (χ1n) is 7.01. The highest BCUT2D eigenvalue weighted by atomic mass is 35.5. The largest absolute Gasteiger partial charge is 0.416 e. The van der Waals surface area contributed by atoms with E-state index in [4.69, 9.17) is 16.3 Å². The van der Waals surface area contributed by atoms with E-state index in [0.29, 0.717) is 38.0 Å². The van der Waals surface area contributed by atoms with Crippen molar-refractivity contribution < 1.29 is 17.9 Å². The topological polar surface area (TPSA) is 40.4 Å². The van der Waals surface area contributed by atoms with Crippen LogP contribution in [0.5, 0.6) is 0 Å². The molecule has 9 heteroatoms. The zero-order valence-electron chi connectivity index (χ0n) is 12.1. The fraction of sp³-hybridized carbons (Fsp3) is 0.429. The van der Waals surface area contributed by atoms with E-state index in [1.807, 2.05) is 4.90 Å². The molecule has 2 aliphatic rings. The number of morpholine rings is 1. The Balaban J connectivity index is 1.93. The van der Waals surface area contributed by atoms with Crippen molar-refractivity contribution in [2.24, 2.45) is 9.98 Å². The fourth-order valence-corrected chi connectivity index (χ4v) is 2.55. The minimum absolute atomic E-state index is 0.0923. The first-order valence-corrected chi connectivity index (χ1v) is 7.39. The van der Waals surface area contributed by atoms with Gasteiger partial charge in [0.1, 0.15) is 6.67 Å². The number of nitrogens with zero attached hydrogens (tertiary/aromatic N) is 4. The standard InChI is InChI=1S/C14H14ClF3N4O/c15-12-19-9-22(13(20-12)21-4-6-23-7-5-21)11-3-1-2-10(8-11)14(16,17)18/h1-3,8H,4-7,9H2. The number of hydrogen-bond donors (Lipinski definition) is 0. The summed E-state index contributed by atoms with van der Waals surface area (Å²) in [4.78, 5) is 11.8.